The lowest BCUT2D eigenvalue weighted by molar-refractivity contribution is -0.274. The van der Waals surface area contributed by atoms with Gasteiger partial charge in [0.2, 0.25) is 0 Å². The Bertz CT molecular complexity index is 919. The Morgan fingerprint density at radius 1 is 0.853 bits per heavy atom. The highest BCUT2D eigenvalue weighted by Gasteiger charge is 2.32. The minimum Gasteiger partial charge on any atom is -0.406 e. The molecule has 0 unspecified atom stereocenters. The van der Waals surface area contributed by atoms with Gasteiger partial charge in [-0.15, -0.1) is 13.2 Å². The summed E-state index contributed by atoms with van der Waals surface area (Å²) in [7, 11) is -0.476. The van der Waals surface area contributed by atoms with Gasteiger partial charge in [-0.05, 0) is 78.8 Å². The van der Waals surface area contributed by atoms with Gasteiger partial charge in [-0.25, -0.2) is 8.78 Å². The van der Waals surface area contributed by atoms with Crippen LogP contribution in [0.3, 0.4) is 0 Å². The van der Waals surface area contributed by atoms with Crippen molar-refractivity contribution in [2.75, 3.05) is 0 Å². The van der Waals surface area contributed by atoms with E-state index in [-0.39, 0.29) is 17.0 Å². The first-order chi connectivity index (χ1) is 16.2. The minimum atomic E-state index is -4.81. The molecule has 2 aromatic carbocycles. The third-order valence-corrected chi connectivity index (χ3v) is 11.6. The molecule has 1 aliphatic carbocycles. The molecule has 1 saturated carbocycles. The second-order valence-electron chi connectivity index (χ2n) is 10.1. The van der Waals surface area contributed by atoms with Gasteiger partial charge < -0.3 is 4.74 Å². The molecule has 0 aromatic heterocycles. The molecule has 2 aliphatic rings. The standard InChI is InChI=1S/C27H33F5OSi/c1-2-13-34-14-11-20(12-15-34)18-3-5-19(6-4-18)22-16-24(28)26(25(29)17-22)21-7-9-23(10-8-21)33-27(30,31)32/h7-10,16-20,34H,2-6,11-15H2,1H3/t18-,19-,20?,34?. The molecule has 0 bridgehead atoms. The van der Waals surface area contributed by atoms with E-state index in [1.54, 1.807) is 0 Å². The van der Waals surface area contributed by atoms with Gasteiger partial charge in [-0.1, -0.05) is 56.5 Å². The van der Waals surface area contributed by atoms with Crippen LogP contribution in [0.1, 0.15) is 63.4 Å². The smallest absolute Gasteiger partial charge is 0.406 e. The molecule has 2 aromatic rings. The molecule has 2 fully saturated rings. The zero-order valence-corrected chi connectivity index (χ0v) is 20.8. The summed E-state index contributed by atoms with van der Waals surface area (Å²) >= 11 is 0. The quantitative estimate of drug-likeness (QED) is 0.287. The van der Waals surface area contributed by atoms with E-state index in [0.29, 0.717) is 5.56 Å². The number of hydrogen-bond donors (Lipinski definition) is 0. The molecule has 0 amide bonds. The number of rotatable bonds is 6. The van der Waals surface area contributed by atoms with Gasteiger partial charge in [0, 0.05) is 8.80 Å². The van der Waals surface area contributed by atoms with E-state index in [0.717, 1.165) is 49.7 Å². The van der Waals surface area contributed by atoms with Crippen LogP contribution in [0.15, 0.2) is 36.4 Å². The molecule has 0 spiro atoms. The summed E-state index contributed by atoms with van der Waals surface area (Å²) in [5.41, 5.74) is 0.652. The van der Waals surface area contributed by atoms with Crippen LogP contribution in [0.5, 0.6) is 5.75 Å². The maximum Gasteiger partial charge on any atom is 0.573 e. The molecule has 186 valence electrons. The van der Waals surface area contributed by atoms with Crippen molar-refractivity contribution < 1.29 is 26.7 Å². The summed E-state index contributed by atoms with van der Waals surface area (Å²) in [5, 5.41) is 0. The van der Waals surface area contributed by atoms with Crippen LogP contribution >= 0.6 is 0 Å². The Kier molecular flexibility index (Phi) is 8.00. The van der Waals surface area contributed by atoms with E-state index in [1.807, 2.05) is 0 Å². The lowest BCUT2D eigenvalue weighted by atomic mass is 9.72. The number of alkyl halides is 3. The van der Waals surface area contributed by atoms with E-state index in [2.05, 4.69) is 11.7 Å². The molecular weight excluding hydrogens is 463 g/mol. The Labute approximate surface area is 200 Å². The van der Waals surface area contributed by atoms with Crippen molar-refractivity contribution in [3.63, 3.8) is 0 Å². The fourth-order valence-electron chi connectivity index (χ4n) is 6.21. The van der Waals surface area contributed by atoms with Crippen molar-refractivity contribution in [3.05, 3.63) is 53.6 Å². The first-order valence-electron chi connectivity index (χ1n) is 12.6. The molecule has 0 N–H and O–H groups in total. The van der Waals surface area contributed by atoms with Crippen molar-refractivity contribution in [2.24, 2.45) is 11.8 Å². The van der Waals surface area contributed by atoms with Crippen molar-refractivity contribution in [3.8, 4) is 16.9 Å². The number of hydrogen-bond acceptors (Lipinski definition) is 1. The highest BCUT2D eigenvalue weighted by molar-refractivity contribution is 6.58. The summed E-state index contributed by atoms with van der Waals surface area (Å²) in [5.74, 6) is -0.0446. The minimum absolute atomic E-state index is 0.155. The number of benzene rings is 2. The molecule has 0 atom stereocenters. The number of halogens is 5. The normalized spacial score (nSPS) is 25.8. The van der Waals surface area contributed by atoms with Crippen LogP contribution < -0.4 is 4.74 Å². The lowest BCUT2D eigenvalue weighted by Crippen LogP contribution is -2.28. The van der Waals surface area contributed by atoms with Crippen LogP contribution in [0.2, 0.25) is 18.1 Å². The molecule has 1 nitrogen and oxygen atoms in total. The highest BCUT2D eigenvalue weighted by Crippen LogP contribution is 2.44. The average Bonchev–Trinajstić information content (AvgIpc) is 2.80. The summed E-state index contributed by atoms with van der Waals surface area (Å²) < 4.78 is 70.8. The maximum absolute atomic E-state index is 14.9. The third kappa shape index (κ3) is 6.21. The van der Waals surface area contributed by atoms with Gasteiger partial charge in [-0.3, -0.25) is 0 Å². The monoisotopic (exact) mass is 496 g/mol. The van der Waals surface area contributed by atoms with Gasteiger partial charge >= 0.3 is 6.36 Å². The topological polar surface area (TPSA) is 9.23 Å². The van der Waals surface area contributed by atoms with Gasteiger partial charge in [0.25, 0.3) is 0 Å². The van der Waals surface area contributed by atoms with Crippen LogP contribution in [-0.4, -0.2) is 15.2 Å². The zero-order valence-electron chi connectivity index (χ0n) is 19.6. The SMILES string of the molecule is CCC[SiH]1CCC([C@H]2CC[C@H](c3cc(F)c(-c4ccc(OC(F)(F)F)cc4)c(F)c3)CC2)CC1. The first kappa shape index (κ1) is 25.2. The molecule has 34 heavy (non-hydrogen) atoms. The molecular formula is C27H33F5OSi. The van der Waals surface area contributed by atoms with Crippen molar-refractivity contribution in [2.45, 2.75) is 82.3 Å². The van der Waals surface area contributed by atoms with Gasteiger partial charge in [-0.2, -0.15) is 0 Å². The molecule has 1 aliphatic heterocycles. The van der Waals surface area contributed by atoms with Gasteiger partial charge in [0.15, 0.2) is 0 Å². The zero-order chi connectivity index (χ0) is 24.3. The van der Waals surface area contributed by atoms with E-state index < -0.39 is 32.5 Å². The molecule has 4 rings (SSSR count). The Hall–Kier alpha value is -1.89. The van der Waals surface area contributed by atoms with E-state index >= 15 is 0 Å². The lowest BCUT2D eigenvalue weighted by Gasteiger charge is -2.37. The maximum atomic E-state index is 14.9. The van der Waals surface area contributed by atoms with E-state index in [4.69, 9.17) is 0 Å². The largest absolute Gasteiger partial charge is 0.573 e. The average molecular weight is 497 g/mol. The first-order valence-corrected chi connectivity index (χ1v) is 15.0. The number of ether oxygens (including phenoxy) is 1. The second kappa shape index (κ2) is 10.8. The van der Waals surface area contributed by atoms with Crippen LogP contribution in [0.4, 0.5) is 22.0 Å². The molecule has 1 saturated heterocycles. The van der Waals surface area contributed by atoms with Gasteiger partial charge in [0.05, 0.1) is 5.56 Å². The third-order valence-electron chi connectivity index (χ3n) is 7.94. The summed E-state index contributed by atoms with van der Waals surface area (Å²) in [6.45, 7) is 2.29. The Morgan fingerprint density at radius 2 is 1.41 bits per heavy atom. The van der Waals surface area contributed by atoms with Crippen molar-refractivity contribution >= 4 is 8.80 Å². The summed E-state index contributed by atoms with van der Waals surface area (Å²) in [4.78, 5) is 0. The van der Waals surface area contributed by atoms with Crippen molar-refractivity contribution in [1.82, 2.24) is 0 Å². The van der Waals surface area contributed by atoms with Gasteiger partial charge in [0.1, 0.15) is 17.4 Å². The predicted octanol–water partition coefficient (Wildman–Crippen LogP) is 8.85. The summed E-state index contributed by atoms with van der Waals surface area (Å²) in [6.07, 6.45) is 3.46. The molecule has 0 radical (unpaired) electrons. The summed E-state index contributed by atoms with van der Waals surface area (Å²) in [6, 6.07) is 11.9. The second-order valence-corrected chi connectivity index (χ2v) is 13.6. The van der Waals surface area contributed by atoms with Crippen LogP contribution in [0, 0.1) is 23.5 Å². The van der Waals surface area contributed by atoms with E-state index in [9.17, 15) is 22.0 Å². The van der Waals surface area contributed by atoms with Crippen LogP contribution in [-0.2, 0) is 0 Å². The fourth-order valence-corrected chi connectivity index (χ4v) is 9.69. The molecule has 7 heteroatoms. The van der Waals surface area contributed by atoms with Crippen LogP contribution in [0.25, 0.3) is 11.1 Å². The fraction of sp³-hybridized carbons (Fsp3) is 0.556. The predicted molar refractivity (Wildman–Crippen MR) is 128 cm³/mol. The highest BCUT2D eigenvalue weighted by atomic mass is 28.3. The Balaban J connectivity index is 1.38. The van der Waals surface area contributed by atoms with E-state index in [1.165, 1.54) is 61.7 Å². The Morgan fingerprint density at radius 3 is 1.94 bits per heavy atom. The van der Waals surface area contributed by atoms with Crippen molar-refractivity contribution in [1.29, 1.82) is 0 Å². The molecule has 1 heterocycles.